The maximum Gasteiger partial charge on any atom is 0.410 e. The van der Waals surface area contributed by atoms with Gasteiger partial charge in [-0.05, 0) is 27.7 Å². The molecule has 0 bridgehead atoms. The van der Waals surface area contributed by atoms with E-state index in [0.717, 1.165) is 23.4 Å². The highest BCUT2D eigenvalue weighted by atomic mass is 16.6. The molecular formula is C12H19N3O2. The van der Waals surface area contributed by atoms with Crippen LogP contribution in [0.25, 0.3) is 0 Å². The molecule has 1 N–H and O–H groups in total. The summed E-state index contributed by atoms with van der Waals surface area (Å²) in [6.07, 6.45) is 0.544. The molecule has 0 saturated carbocycles. The van der Waals surface area contributed by atoms with Gasteiger partial charge in [-0.25, -0.2) is 4.79 Å². The second-order valence-corrected chi connectivity index (χ2v) is 5.43. The van der Waals surface area contributed by atoms with E-state index in [0.29, 0.717) is 13.1 Å². The number of carbonyl (C=O) groups is 1. The summed E-state index contributed by atoms with van der Waals surface area (Å²) in [6, 6.07) is 0. The Morgan fingerprint density at radius 3 is 2.82 bits per heavy atom. The second kappa shape index (κ2) is 4.05. The van der Waals surface area contributed by atoms with Crippen LogP contribution in [0.1, 0.15) is 37.7 Å². The van der Waals surface area contributed by atoms with Crippen molar-refractivity contribution in [2.45, 2.75) is 46.3 Å². The van der Waals surface area contributed by atoms with E-state index in [1.54, 1.807) is 4.90 Å². The Labute approximate surface area is 101 Å². The Morgan fingerprint density at radius 2 is 2.18 bits per heavy atom. The van der Waals surface area contributed by atoms with Gasteiger partial charge in [-0.1, -0.05) is 0 Å². The highest BCUT2D eigenvalue weighted by Gasteiger charge is 2.27. The normalized spacial score (nSPS) is 15.6. The van der Waals surface area contributed by atoms with Crippen LogP contribution in [0.3, 0.4) is 0 Å². The Kier molecular flexibility index (Phi) is 2.85. The number of nitrogens with zero attached hydrogens (tertiary/aromatic N) is 2. The lowest BCUT2D eigenvalue weighted by Gasteiger charge is -2.29. The topological polar surface area (TPSA) is 58.2 Å². The number of H-pyrrole nitrogens is 1. The number of aryl methyl sites for hydroxylation is 1. The Bertz CT molecular complexity index is 431. The van der Waals surface area contributed by atoms with Crippen molar-refractivity contribution in [3.05, 3.63) is 17.0 Å². The highest BCUT2D eigenvalue weighted by molar-refractivity contribution is 5.68. The van der Waals surface area contributed by atoms with Crippen molar-refractivity contribution in [1.82, 2.24) is 15.1 Å². The van der Waals surface area contributed by atoms with Crippen LogP contribution in [0, 0.1) is 6.92 Å². The number of ether oxygens (including phenoxy) is 1. The number of nitrogens with one attached hydrogen (secondary N) is 1. The summed E-state index contributed by atoms with van der Waals surface area (Å²) in [5.41, 5.74) is 2.79. The molecule has 0 aliphatic carbocycles. The van der Waals surface area contributed by atoms with Crippen molar-refractivity contribution in [3.63, 3.8) is 0 Å². The monoisotopic (exact) mass is 237 g/mol. The first-order valence-corrected chi connectivity index (χ1v) is 5.87. The number of hydrogen-bond donors (Lipinski definition) is 1. The molecule has 0 unspecified atom stereocenters. The number of carbonyl (C=O) groups excluding carboxylic acids is 1. The number of aromatic amines is 1. The van der Waals surface area contributed by atoms with Crippen LogP contribution in [0.4, 0.5) is 4.79 Å². The summed E-state index contributed by atoms with van der Waals surface area (Å²) in [7, 11) is 0. The fourth-order valence-electron chi connectivity index (χ4n) is 1.91. The van der Waals surface area contributed by atoms with Crippen LogP contribution >= 0.6 is 0 Å². The van der Waals surface area contributed by atoms with Crippen molar-refractivity contribution < 1.29 is 9.53 Å². The lowest BCUT2D eigenvalue weighted by Crippen LogP contribution is -2.39. The van der Waals surface area contributed by atoms with Crippen molar-refractivity contribution in [2.75, 3.05) is 6.54 Å². The molecule has 2 heterocycles. The zero-order valence-corrected chi connectivity index (χ0v) is 10.8. The zero-order valence-electron chi connectivity index (χ0n) is 10.8. The predicted molar refractivity (Wildman–Crippen MR) is 63.7 cm³/mol. The molecule has 5 nitrogen and oxygen atoms in total. The molecule has 1 aliphatic heterocycles. The lowest BCUT2D eigenvalue weighted by molar-refractivity contribution is 0.0223. The molecule has 1 aromatic rings. The van der Waals surface area contributed by atoms with Crippen LogP contribution in [-0.2, 0) is 17.7 Å². The van der Waals surface area contributed by atoms with Gasteiger partial charge in [0.05, 0.1) is 12.2 Å². The standard InChI is InChI=1S/C12H19N3O2/c1-8-9-7-15(6-5-10(9)14-13-8)11(16)17-12(2,3)4/h5-7H2,1-4H3,(H,13,14). The van der Waals surface area contributed by atoms with Gasteiger partial charge in [-0.3, -0.25) is 5.10 Å². The molecule has 17 heavy (non-hydrogen) atoms. The van der Waals surface area contributed by atoms with E-state index in [2.05, 4.69) is 10.2 Å². The Morgan fingerprint density at radius 1 is 1.47 bits per heavy atom. The second-order valence-electron chi connectivity index (χ2n) is 5.43. The van der Waals surface area contributed by atoms with E-state index >= 15 is 0 Å². The molecule has 1 amide bonds. The van der Waals surface area contributed by atoms with Gasteiger partial charge in [0.25, 0.3) is 0 Å². The third kappa shape index (κ3) is 2.60. The minimum atomic E-state index is -0.442. The van der Waals surface area contributed by atoms with E-state index in [1.807, 2.05) is 27.7 Å². The highest BCUT2D eigenvalue weighted by Crippen LogP contribution is 2.21. The summed E-state index contributed by atoms with van der Waals surface area (Å²) in [5, 5.41) is 7.18. The van der Waals surface area contributed by atoms with E-state index in [1.165, 1.54) is 0 Å². The Balaban J connectivity index is 2.07. The smallest absolute Gasteiger partial charge is 0.410 e. The quantitative estimate of drug-likeness (QED) is 0.751. The minimum Gasteiger partial charge on any atom is -0.444 e. The van der Waals surface area contributed by atoms with E-state index in [4.69, 9.17) is 4.74 Å². The van der Waals surface area contributed by atoms with Crippen LogP contribution < -0.4 is 0 Å². The van der Waals surface area contributed by atoms with Gasteiger partial charge >= 0.3 is 6.09 Å². The van der Waals surface area contributed by atoms with Crippen LogP contribution in [0.2, 0.25) is 0 Å². The molecule has 0 saturated heterocycles. The number of aromatic nitrogens is 2. The fraction of sp³-hybridized carbons (Fsp3) is 0.667. The average Bonchev–Trinajstić information content (AvgIpc) is 2.57. The van der Waals surface area contributed by atoms with Crippen LogP contribution in [0.5, 0.6) is 0 Å². The van der Waals surface area contributed by atoms with Gasteiger partial charge in [0.15, 0.2) is 0 Å². The molecule has 0 atom stereocenters. The average molecular weight is 237 g/mol. The van der Waals surface area contributed by atoms with Crippen LogP contribution in [-0.4, -0.2) is 33.3 Å². The maximum atomic E-state index is 11.9. The summed E-state index contributed by atoms with van der Waals surface area (Å²) in [6.45, 7) is 8.87. The predicted octanol–water partition coefficient (Wildman–Crippen LogP) is 2.01. The third-order valence-corrected chi connectivity index (χ3v) is 2.78. The molecular weight excluding hydrogens is 218 g/mol. The number of fused-ring (bicyclic) bond motifs is 1. The molecule has 0 spiro atoms. The molecule has 0 fully saturated rings. The van der Waals surface area contributed by atoms with Gasteiger partial charge < -0.3 is 9.64 Å². The lowest BCUT2D eigenvalue weighted by atomic mass is 10.1. The maximum absolute atomic E-state index is 11.9. The number of rotatable bonds is 0. The van der Waals surface area contributed by atoms with E-state index in [9.17, 15) is 4.79 Å². The van der Waals surface area contributed by atoms with Crippen molar-refractivity contribution in [3.8, 4) is 0 Å². The fourth-order valence-corrected chi connectivity index (χ4v) is 1.91. The third-order valence-electron chi connectivity index (χ3n) is 2.78. The minimum absolute atomic E-state index is 0.247. The summed E-state index contributed by atoms with van der Waals surface area (Å²) in [4.78, 5) is 13.7. The first-order valence-electron chi connectivity index (χ1n) is 5.87. The van der Waals surface area contributed by atoms with E-state index < -0.39 is 5.60 Å². The first-order chi connectivity index (χ1) is 7.87. The van der Waals surface area contributed by atoms with Gasteiger partial charge in [-0.15, -0.1) is 0 Å². The molecule has 0 radical (unpaired) electrons. The Hall–Kier alpha value is -1.52. The number of hydrogen-bond acceptors (Lipinski definition) is 3. The number of amides is 1. The zero-order chi connectivity index (χ0) is 12.6. The van der Waals surface area contributed by atoms with Gasteiger partial charge in [0.2, 0.25) is 0 Å². The molecule has 1 aliphatic rings. The molecule has 1 aromatic heterocycles. The van der Waals surface area contributed by atoms with Crippen molar-refractivity contribution in [2.24, 2.45) is 0 Å². The van der Waals surface area contributed by atoms with Gasteiger partial charge in [0, 0.05) is 24.2 Å². The molecule has 94 valence electrons. The summed E-state index contributed by atoms with van der Waals surface area (Å²) in [5.74, 6) is 0. The SMILES string of the molecule is Cc1[nH]nc2c1CN(C(=O)OC(C)(C)C)CC2. The summed E-state index contributed by atoms with van der Waals surface area (Å²) < 4.78 is 5.37. The van der Waals surface area contributed by atoms with E-state index in [-0.39, 0.29) is 6.09 Å². The summed E-state index contributed by atoms with van der Waals surface area (Å²) >= 11 is 0. The molecule has 0 aromatic carbocycles. The van der Waals surface area contributed by atoms with Crippen molar-refractivity contribution in [1.29, 1.82) is 0 Å². The molecule has 2 rings (SSSR count). The van der Waals surface area contributed by atoms with Gasteiger partial charge in [-0.2, -0.15) is 5.10 Å². The largest absolute Gasteiger partial charge is 0.444 e. The first kappa shape index (κ1) is 12.0. The van der Waals surface area contributed by atoms with Crippen molar-refractivity contribution >= 4 is 6.09 Å². The molecule has 5 heteroatoms. The van der Waals surface area contributed by atoms with Gasteiger partial charge in [0.1, 0.15) is 5.60 Å². The van der Waals surface area contributed by atoms with Crippen LogP contribution in [0.15, 0.2) is 0 Å².